The Hall–Kier alpha value is -1.26. The van der Waals surface area contributed by atoms with Crippen LogP contribution in [0.1, 0.15) is 6.42 Å². The summed E-state index contributed by atoms with van der Waals surface area (Å²) in [6.45, 7) is -0.124. The quantitative estimate of drug-likeness (QED) is 0.428. The maximum Gasteiger partial charge on any atom is 0.312 e. The largest absolute Gasteiger partial charge is 0.312 e. The Bertz CT molecular complexity index is 757. The predicted molar refractivity (Wildman–Crippen MR) is 81.2 cm³/mol. The minimum absolute atomic E-state index is 0.0399. The Morgan fingerprint density at radius 1 is 1.50 bits per heavy atom. The molecule has 1 aliphatic rings. The summed E-state index contributed by atoms with van der Waals surface area (Å²) in [6.07, 6.45) is -0.200. The van der Waals surface area contributed by atoms with E-state index in [4.69, 9.17) is 11.6 Å². The van der Waals surface area contributed by atoms with Crippen molar-refractivity contribution >= 4 is 55.0 Å². The molecule has 1 atom stereocenters. The summed E-state index contributed by atoms with van der Waals surface area (Å²) in [7, 11) is -4.72. The number of halogens is 3. The molecule has 1 saturated heterocycles. The molecule has 0 aliphatic carbocycles. The Labute approximate surface area is 138 Å². The standard InChI is InChI=1S/C11H9BrClFN2O5S/c12-7-1-2-8(11(10(7)13)16(18)19)15-4-6(3-9(15)17)5-22(14,20)21/h1-2,6H,3-5H2. The molecule has 1 amide bonds. The Morgan fingerprint density at radius 3 is 2.68 bits per heavy atom. The van der Waals surface area contributed by atoms with Crippen molar-refractivity contribution in [2.75, 3.05) is 17.2 Å². The second-order valence-electron chi connectivity index (χ2n) is 4.77. The van der Waals surface area contributed by atoms with Gasteiger partial charge in [0, 0.05) is 23.4 Å². The maximum atomic E-state index is 12.7. The van der Waals surface area contributed by atoms with Crippen molar-refractivity contribution in [3.63, 3.8) is 0 Å². The van der Waals surface area contributed by atoms with Crippen LogP contribution in [0.3, 0.4) is 0 Å². The number of amides is 1. The average molecular weight is 416 g/mol. The highest BCUT2D eigenvalue weighted by atomic mass is 79.9. The number of hydrogen-bond acceptors (Lipinski definition) is 5. The van der Waals surface area contributed by atoms with Crippen LogP contribution in [0.5, 0.6) is 0 Å². The van der Waals surface area contributed by atoms with E-state index in [0.29, 0.717) is 4.47 Å². The lowest BCUT2D eigenvalue weighted by atomic mass is 10.1. The van der Waals surface area contributed by atoms with E-state index < -0.39 is 38.4 Å². The fourth-order valence-electron chi connectivity index (χ4n) is 2.33. The van der Waals surface area contributed by atoms with Gasteiger partial charge in [-0.1, -0.05) is 11.6 Å². The molecule has 22 heavy (non-hydrogen) atoms. The van der Waals surface area contributed by atoms with Gasteiger partial charge in [-0.25, -0.2) is 0 Å². The average Bonchev–Trinajstić information content (AvgIpc) is 2.70. The summed E-state index contributed by atoms with van der Waals surface area (Å²) < 4.78 is 34.4. The van der Waals surface area contributed by atoms with Gasteiger partial charge in [-0.3, -0.25) is 14.9 Å². The molecule has 1 aliphatic heterocycles. The number of nitrogens with zero attached hydrogens (tertiary/aromatic N) is 2. The minimum Gasteiger partial charge on any atom is -0.306 e. The van der Waals surface area contributed by atoms with Gasteiger partial charge in [-0.15, -0.1) is 3.89 Å². The lowest BCUT2D eigenvalue weighted by molar-refractivity contribution is -0.384. The van der Waals surface area contributed by atoms with E-state index in [9.17, 15) is 27.2 Å². The van der Waals surface area contributed by atoms with E-state index in [2.05, 4.69) is 15.9 Å². The van der Waals surface area contributed by atoms with Crippen molar-refractivity contribution in [3.05, 3.63) is 31.7 Å². The first-order chi connectivity index (χ1) is 10.1. The molecule has 0 radical (unpaired) electrons. The number of hydrogen-bond donors (Lipinski definition) is 0. The Morgan fingerprint density at radius 2 is 2.14 bits per heavy atom. The van der Waals surface area contributed by atoms with Crippen LogP contribution in [0.25, 0.3) is 0 Å². The van der Waals surface area contributed by atoms with E-state index in [1.165, 1.54) is 12.1 Å². The number of nitro benzene ring substituents is 1. The lowest BCUT2D eigenvalue weighted by Gasteiger charge is -2.17. The minimum atomic E-state index is -4.72. The molecule has 1 fully saturated rings. The maximum absolute atomic E-state index is 12.7. The first kappa shape index (κ1) is 17.1. The Kier molecular flexibility index (Phi) is 4.73. The lowest BCUT2D eigenvalue weighted by Crippen LogP contribution is -2.26. The van der Waals surface area contributed by atoms with E-state index in [0.717, 1.165) is 4.90 Å². The normalized spacial score (nSPS) is 18.8. The molecule has 1 heterocycles. The fraction of sp³-hybridized carbons (Fsp3) is 0.364. The van der Waals surface area contributed by atoms with Crippen LogP contribution in [0.15, 0.2) is 16.6 Å². The van der Waals surface area contributed by atoms with Crippen molar-refractivity contribution in [1.29, 1.82) is 0 Å². The zero-order valence-corrected chi connectivity index (χ0v) is 14.0. The summed E-state index contributed by atoms with van der Waals surface area (Å²) in [6, 6.07) is 2.77. The van der Waals surface area contributed by atoms with Gasteiger partial charge < -0.3 is 4.90 Å². The van der Waals surface area contributed by atoms with Crippen molar-refractivity contribution in [2.45, 2.75) is 6.42 Å². The van der Waals surface area contributed by atoms with Crippen LogP contribution < -0.4 is 4.90 Å². The monoisotopic (exact) mass is 414 g/mol. The third-order valence-electron chi connectivity index (χ3n) is 3.16. The van der Waals surface area contributed by atoms with Gasteiger partial charge in [0.25, 0.3) is 0 Å². The van der Waals surface area contributed by atoms with Gasteiger partial charge in [0.15, 0.2) is 0 Å². The molecule has 7 nitrogen and oxygen atoms in total. The van der Waals surface area contributed by atoms with Crippen molar-refractivity contribution < 1.29 is 22.0 Å². The molecule has 1 unspecified atom stereocenters. The number of nitro groups is 1. The molecule has 0 saturated carbocycles. The topological polar surface area (TPSA) is 97.6 Å². The van der Waals surface area contributed by atoms with E-state index >= 15 is 0 Å². The third-order valence-corrected chi connectivity index (χ3v) is 5.30. The van der Waals surface area contributed by atoms with Crippen LogP contribution in [0.2, 0.25) is 5.02 Å². The zero-order valence-electron chi connectivity index (χ0n) is 10.8. The van der Waals surface area contributed by atoms with E-state index in [1.807, 2.05) is 0 Å². The van der Waals surface area contributed by atoms with Crippen molar-refractivity contribution in [1.82, 2.24) is 0 Å². The third kappa shape index (κ3) is 3.55. The summed E-state index contributed by atoms with van der Waals surface area (Å²) in [5.74, 6) is -2.08. The first-order valence-corrected chi connectivity index (χ1v) is 8.67. The van der Waals surface area contributed by atoms with Crippen LogP contribution in [-0.2, 0) is 15.0 Å². The molecule has 1 aromatic carbocycles. The van der Waals surface area contributed by atoms with Crippen molar-refractivity contribution in [2.24, 2.45) is 5.92 Å². The molecule has 1 aromatic rings. The van der Waals surface area contributed by atoms with Crippen molar-refractivity contribution in [3.8, 4) is 0 Å². The van der Waals surface area contributed by atoms with Gasteiger partial charge in [0.2, 0.25) is 5.91 Å². The molecule has 120 valence electrons. The highest BCUT2D eigenvalue weighted by molar-refractivity contribution is 9.10. The molecule has 0 N–H and O–H groups in total. The molecule has 0 bridgehead atoms. The van der Waals surface area contributed by atoms with E-state index in [-0.39, 0.29) is 23.7 Å². The molecular weight excluding hydrogens is 407 g/mol. The number of rotatable bonds is 4. The molecule has 2 rings (SSSR count). The summed E-state index contributed by atoms with van der Waals surface area (Å²) in [5, 5.41) is 11.0. The van der Waals surface area contributed by atoms with Crippen LogP contribution in [0, 0.1) is 16.0 Å². The smallest absolute Gasteiger partial charge is 0.306 e. The van der Waals surface area contributed by atoms with Gasteiger partial charge >= 0.3 is 15.9 Å². The Balaban J connectivity index is 2.39. The SMILES string of the molecule is O=C1CC(CS(=O)(=O)F)CN1c1ccc(Br)c(Cl)c1[N+](=O)[O-]. The van der Waals surface area contributed by atoms with Gasteiger partial charge in [-0.05, 0) is 28.1 Å². The second kappa shape index (κ2) is 6.09. The van der Waals surface area contributed by atoms with Crippen LogP contribution in [0.4, 0.5) is 15.3 Å². The highest BCUT2D eigenvalue weighted by Gasteiger charge is 2.37. The molecule has 0 aromatic heterocycles. The van der Waals surface area contributed by atoms with Gasteiger partial charge in [0.1, 0.15) is 10.7 Å². The number of benzene rings is 1. The number of carbonyl (C=O) groups is 1. The second-order valence-corrected chi connectivity index (χ2v) is 7.41. The first-order valence-electron chi connectivity index (χ1n) is 5.95. The summed E-state index contributed by atoms with van der Waals surface area (Å²) in [5.41, 5.74) is -0.505. The number of carbonyl (C=O) groups excluding carboxylic acids is 1. The van der Waals surface area contributed by atoms with Gasteiger partial charge in [0.05, 0.1) is 10.7 Å². The van der Waals surface area contributed by atoms with Crippen LogP contribution >= 0.6 is 27.5 Å². The molecular formula is C11H9BrClFN2O5S. The zero-order chi connectivity index (χ0) is 16.7. The predicted octanol–water partition coefficient (Wildman–Crippen LogP) is 2.66. The molecule has 11 heteroatoms. The van der Waals surface area contributed by atoms with Crippen LogP contribution in [-0.4, -0.2) is 31.5 Å². The van der Waals surface area contributed by atoms with Gasteiger partial charge in [-0.2, -0.15) is 8.42 Å². The summed E-state index contributed by atoms with van der Waals surface area (Å²) >= 11 is 8.94. The fourth-order valence-corrected chi connectivity index (χ4v) is 3.66. The molecule has 0 spiro atoms. The highest BCUT2D eigenvalue weighted by Crippen LogP contribution is 2.41. The number of anilines is 1. The van der Waals surface area contributed by atoms with E-state index in [1.54, 1.807) is 0 Å². The summed E-state index contributed by atoms with van der Waals surface area (Å²) in [4.78, 5) is 23.5.